The fourth-order valence-corrected chi connectivity index (χ4v) is 10.4. The normalized spacial score (nSPS) is 12.0. The predicted molar refractivity (Wildman–Crippen MR) is 221 cm³/mol. The van der Waals surface area contributed by atoms with Crippen LogP contribution in [-0.2, 0) is 0 Å². The average molecular weight is 669 g/mol. The second kappa shape index (κ2) is 10.9. The van der Waals surface area contributed by atoms with Crippen LogP contribution in [0.3, 0.4) is 0 Å². The van der Waals surface area contributed by atoms with Gasteiger partial charge in [-0.2, -0.15) is 0 Å². The highest BCUT2D eigenvalue weighted by atomic mass is 32.1. The summed E-state index contributed by atoms with van der Waals surface area (Å²) < 4.78 is 5.56. The molecule has 0 radical (unpaired) electrons. The maximum absolute atomic E-state index is 2.42. The van der Waals surface area contributed by atoms with E-state index in [9.17, 15) is 0 Å². The van der Waals surface area contributed by atoms with Gasteiger partial charge in [-0.05, 0) is 131 Å². The summed E-state index contributed by atoms with van der Waals surface area (Å²) in [4.78, 5) is 0. The third-order valence-corrected chi connectivity index (χ3v) is 12.9. The zero-order valence-corrected chi connectivity index (χ0v) is 28.6. The largest absolute Gasteiger partial charge is 0.134 e. The van der Waals surface area contributed by atoms with E-state index < -0.39 is 0 Å². The summed E-state index contributed by atoms with van der Waals surface area (Å²) in [6, 6.07) is 63.1. The lowest BCUT2D eigenvalue weighted by Crippen LogP contribution is -1.84. The molecule has 0 N–H and O–H groups in total. The Morgan fingerprint density at radius 2 is 0.600 bits per heavy atom. The van der Waals surface area contributed by atoms with Crippen LogP contribution >= 0.6 is 22.7 Å². The number of fused-ring (bicyclic) bond motifs is 9. The number of hydrogen-bond donors (Lipinski definition) is 0. The minimum atomic E-state index is 1.24. The maximum atomic E-state index is 2.42. The van der Waals surface area contributed by atoms with Crippen LogP contribution in [0.15, 0.2) is 170 Å². The number of hydrogen-bond acceptors (Lipinski definition) is 2. The van der Waals surface area contributed by atoms with Crippen molar-refractivity contribution in [1.82, 2.24) is 0 Å². The molecule has 0 bridgehead atoms. The molecule has 0 nitrogen and oxygen atoms in total. The summed E-state index contributed by atoms with van der Waals surface area (Å²) in [5.41, 5.74) is 7.47. The van der Waals surface area contributed by atoms with E-state index in [0.717, 1.165) is 0 Å². The molecule has 2 aromatic heterocycles. The molecule has 0 aliphatic rings. The van der Waals surface area contributed by atoms with Gasteiger partial charge in [0.1, 0.15) is 0 Å². The Morgan fingerprint density at radius 3 is 1.14 bits per heavy atom. The molecule has 2 heterocycles. The minimum Gasteiger partial charge on any atom is -0.134 e. The van der Waals surface area contributed by atoms with E-state index in [-0.39, 0.29) is 0 Å². The zero-order valence-electron chi connectivity index (χ0n) is 27.0. The second-order valence-electron chi connectivity index (χ2n) is 13.4. The van der Waals surface area contributed by atoms with E-state index in [4.69, 9.17) is 0 Å². The SMILES string of the molecule is c1ccc(-c2ccc3ccc(-c4ccc5cc(-c6ccc7cc8sc9c%10cc%11ccccc%11cc%10sc9c8cc7c6)ccc5c4)cc3c2)cc1. The summed E-state index contributed by atoms with van der Waals surface area (Å²) >= 11 is 3.87. The van der Waals surface area contributed by atoms with Gasteiger partial charge < -0.3 is 0 Å². The molecule has 232 valence electrons. The van der Waals surface area contributed by atoms with Crippen LogP contribution in [0.4, 0.5) is 0 Å². The van der Waals surface area contributed by atoms with Gasteiger partial charge in [-0.25, -0.2) is 0 Å². The number of benzene rings is 9. The summed E-state index contributed by atoms with van der Waals surface area (Å²) in [7, 11) is 0. The fourth-order valence-electron chi connectivity index (χ4n) is 7.71. The van der Waals surface area contributed by atoms with Gasteiger partial charge in [0.25, 0.3) is 0 Å². The third kappa shape index (κ3) is 4.50. The third-order valence-electron chi connectivity index (χ3n) is 10.4. The number of thiophene rings is 2. The van der Waals surface area contributed by atoms with Crippen LogP contribution in [0, 0.1) is 0 Å². The quantitative estimate of drug-likeness (QED) is 0.176. The Labute approximate surface area is 297 Å². The molecule has 0 unspecified atom stereocenters. The molecule has 0 saturated carbocycles. The smallest absolute Gasteiger partial charge is 0.0542 e. The van der Waals surface area contributed by atoms with E-state index in [1.165, 1.54) is 106 Å². The lowest BCUT2D eigenvalue weighted by atomic mass is 9.95. The van der Waals surface area contributed by atoms with Gasteiger partial charge in [0.05, 0.1) is 9.40 Å². The van der Waals surface area contributed by atoms with Crippen LogP contribution < -0.4 is 0 Å². The molecule has 0 aliphatic heterocycles. The van der Waals surface area contributed by atoms with Gasteiger partial charge >= 0.3 is 0 Å². The Bertz CT molecular complexity index is 3140. The molecule has 0 amide bonds. The molecule has 11 aromatic rings. The highest BCUT2D eigenvalue weighted by molar-refractivity contribution is 7.36. The Kier molecular flexibility index (Phi) is 6.09. The summed E-state index contributed by atoms with van der Waals surface area (Å²) in [5, 5.41) is 13.0. The van der Waals surface area contributed by atoms with Gasteiger partial charge in [0, 0.05) is 20.2 Å². The van der Waals surface area contributed by atoms with Crippen LogP contribution in [0.2, 0.25) is 0 Å². The highest BCUT2D eigenvalue weighted by Crippen LogP contribution is 2.46. The lowest BCUT2D eigenvalue weighted by Gasteiger charge is -2.10. The van der Waals surface area contributed by atoms with Crippen molar-refractivity contribution in [1.29, 1.82) is 0 Å². The van der Waals surface area contributed by atoms with Crippen molar-refractivity contribution in [2.45, 2.75) is 0 Å². The van der Waals surface area contributed by atoms with Crippen LogP contribution in [0.5, 0.6) is 0 Å². The molecular weight excluding hydrogens is 641 g/mol. The van der Waals surface area contributed by atoms with Crippen LogP contribution in [0.25, 0.3) is 106 Å². The van der Waals surface area contributed by atoms with Crippen molar-refractivity contribution in [3.8, 4) is 33.4 Å². The van der Waals surface area contributed by atoms with Crippen molar-refractivity contribution < 1.29 is 0 Å². The van der Waals surface area contributed by atoms with Crippen molar-refractivity contribution in [3.05, 3.63) is 170 Å². The van der Waals surface area contributed by atoms with E-state index in [0.29, 0.717) is 0 Å². The molecule has 0 atom stereocenters. The number of rotatable bonds is 3. The standard InChI is InChI=1S/C48H28S2/c1-2-6-29(7-3-1)33-12-10-30-11-13-38(23-41(30)22-33)36-16-14-35-21-37(17-15-34(35)20-36)39-18-19-40-28-46-44(26-42(40)24-39)48-47(50-46)43-25-31-8-4-5-9-32(31)27-45(43)49-48/h1-28H. The summed E-state index contributed by atoms with van der Waals surface area (Å²) in [6.07, 6.45) is 0. The van der Waals surface area contributed by atoms with E-state index in [2.05, 4.69) is 170 Å². The highest BCUT2D eigenvalue weighted by Gasteiger charge is 2.14. The lowest BCUT2D eigenvalue weighted by molar-refractivity contribution is 1.63. The molecule has 0 fully saturated rings. The van der Waals surface area contributed by atoms with Crippen molar-refractivity contribution in [2.24, 2.45) is 0 Å². The summed E-state index contributed by atoms with van der Waals surface area (Å²) in [6.45, 7) is 0. The van der Waals surface area contributed by atoms with Crippen molar-refractivity contribution >= 4 is 95.3 Å². The van der Waals surface area contributed by atoms with Gasteiger partial charge in [-0.3, -0.25) is 0 Å². The topological polar surface area (TPSA) is 0 Å². The molecule has 50 heavy (non-hydrogen) atoms. The Balaban J connectivity index is 0.954. The molecule has 9 aromatic carbocycles. The minimum absolute atomic E-state index is 1.24. The molecule has 0 aliphatic carbocycles. The van der Waals surface area contributed by atoms with Crippen LogP contribution in [0.1, 0.15) is 0 Å². The second-order valence-corrected chi connectivity index (χ2v) is 15.5. The first-order valence-electron chi connectivity index (χ1n) is 17.1. The fraction of sp³-hybridized carbons (Fsp3) is 0. The average Bonchev–Trinajstić information content (AvgIpc) is 3.70. The molecular formula is C48H28S2. The predicted octanol–water partition coefficient (Wildman–Crippen LogP) is 14.9. The first-order chi connectivity index (χ1) is 24.7. The zero-order chi connectivity index (χ0) is 32.8. The molecule has 0 spiro atoms. The molecule has 2 heteroatoms. The van der Waals surface area contributed by atoms with Gasteiger partial charge in [0.2, 0.25) is 0 Å². The van der Waals surface area contributed by atoms with E-state index >= 15 is 0 Å². The Morgan fingerprint density at radius 1 is 0.240 bits per heavy atom. The van der Waals surface area contributed by atoms with Gasteiger partial charge in [0.15, 0.2) is 0 Å². The van der Waals surface area contributed by atoms with Crippen molar-refractivity contribution in [3.63, 3.8) is 0 Å². The van der Waals surface area contributed by atoms with E-state index in [1.807, 2.05) is 22.7 Å². The van der Waals surface area contributed by atoms with Gasteiger partial charge in [-0.15, -0.1) is 22.7 Å². The van der Waals surface area contributed by atoms with Crippen LogP contribution in [-0.4, -0.2) is 0 Å². The summed E-state index contributed by atoms with van der Waals surface area (Å²) in [5.74, 6) is 0. The van der Waals surface area contributed by atoms with Gasteiger partial charge in [-0.1, -0.05) is 115 Å². The first-order valence-corrected chi connectivity index (χ1v) is 18.7. The van der Waals surface area contributed by atoms with E-state index in [1.54, 1.807) is 0 Å². The molecule has 11 rings (SSSR count). The monoisotopic (exact) mass is 668 g/mol. The Hall–Kier alpha value is -5.80. The van der Waals surface area contributed by atoms with Crippen molar-refractivity contribution in [2.75, 3.05) is 0 Å². The first kappa shape index (κ1) is 28.1. The molecule has 0 saturated heterocycles. The maximum Gasteiger partial charge on any atom is 0.0542 e.